The van der Waals surface area contributed by atoms with Crippen molar-refractivity contribution >= 4 is 11.0 Å². The lowest BCUT2D eigenvalue weighted by atomic mass is 10.3. The predicted molar refractivity (Wildman–Crippen MR) is 73.6 cm³/mol. The van der Waals surface area contributed by atoms with Crippen LogP contribution in [0.25, 0.3) is 11.0 Å². The van der Waals surface area contributed by atoms with Crippen molar-refractivity contribution in [1.82, 2.24) is 9.55 Å². The van der Waals surface area contributed by atoms with Crippen molar-refractivity contribution in [2.24, 2.45) is 0 Å². The number of imidazole rings is 1. The average Bonchev–Trinajstić information content (AvgIpc) is 2.67. The molecule has 1 heterocycles. The third-order valence-corrected chi connectivity index (χ3v) is 2.66. The Morgan fingerprint density at radius 2 is 2.26 bits per heavy atom. The van der Waals surface area contributed by atoms with Crippen molar-refractivity contribution in [2.75, 3.05) is 0 Å². The van der Waals surface area contributed by atoms with Crippen molar-refractivity contribution in [3.05, 3.63) is 24.0 Å². The van der Waals surface area contributed by atoms with E-state index in [1.54, 1.807) is 0 Å². The number of benzene rings is 1. The van der Waals surface area contributed by atoms with E-state index in [0.29, 0.717) is 12.4 Å². The Labute approximate surface area is 112 Å². The molecule has 0 bridgehead atoms. The fourth-order valence-corrected chi connectivity index (χ4v) is 1.98. The van der Waals surface area contributed by atoms with E-state index in [0.717, 1.165) is 16.8 Å². The maximum atomic E-state index is 8.83. The number of terminal acetylenes is 1. The molecule has 0 aliphatic rings. The topological polar surface area (TPSA) is 50.8 Å². The van der Waals surface area contributed by atoms with Crippen LogP contribution in [0.3, 0.4) is 0 Å². The lowest BCUT2D eigenvalue weighted by Gasteiger charge is -2.09. The summed E-state index contributed by atoms with van der Waals surface area (Å²) in [5.41, 5.74) is 1.73. The zero-order valence-corrected chi connectivity index (χ0v) is 11.1. The van der Waals surface area contributed by atoms with Gasteiger partial charge in [0.2, 0.25) is 0 Å². The summed E-state index contributed by atoms with van der Waals surface area (Å²) in [5.74, 6) is 4.06. The smallest absolute Gasteiger partial charge is 0.124 e. The molecular formula is C15H15N3O. The average molecular weight is 253 g/mol. The molecule has 0 unspecified atom stereocenters. The fraction of sp³-hybridized carbons (Fsp3) is 0.333. The van der Waals surface area contributed by atoms with Gasteiger partial charge in [-0.2, -0.15) is 5.26 Å². The molecule has 0 radical (unpaired) electrons. The second kappa shape index (κ2) is 5.46. The molecule has 0 atom stereocenters. The molecule has 2 aromatic rings. The molecule has 0 N–H and O–H groups in total. The molecular weight excluding hydrogens is 238 g/mol. The monoisotopic (exact) mass is 253 g/mol. The van der Waals surface area contributed by atoms with Crippen LogP contribution < -0.4 is 4.74 Å². The quantitative estimate of drug-likeness (QED) is 0.787. The maximum Gasteiger partial charge on any atom is 0.124 e. The van der Waals surface area contributed by atoms with Crippen LogP contribution in [-0.2, 0) is 13.0 Å². The van der Waals surface area contributed by atoms with Gasteiger partial charge < -0.3 is 9.30 Å². The first-order chi connectivity index (χ1) is 9.15. The number of ether oxygens (including phenoxy) is 1. The minimum atomic E-state index is 0.115. The van der Waals surface area contributed by atoms with Gasteiger partial charge in [0.05, 0.1) is 36.2 Å². The molecule has 0 fully saturated rings. The molecule has 19 heavy (non-hydrogen) atoms. The Balaban J connectivity index is 2.50. The standard InChI is InChI=1S/C15H15N3O/c1-4-9-18-14-6-5-12(19-11(2)3)10-13(14)17-15(18)7-8-16/h1,5-6,10-11H,7,9H2,2-3H3. The first-order valence-corrected chi connectivity index (χ1v) is 6.12. The summed E-state index contributed by atoms with van der Waals surface area (Å²) in [6.07, 6.45) is 5.73. The van der Waals surface area contributed by atoms with Crippen molar-refractivity contribution < 1.29 is 4.74 Å². The second-order valence-corrected chi connectivity index (χ2v) is 4.47. The molecule has 2 rings (SSSR count). The predicted octanol–water partition coefficient (Wildman–Crippen LogP) is 2.52. The molecule has 0 saturated heterocycles. The number of rotatable bonds is 4. The Kier molecular flexibility index (Phi) is 3.73. The van der Waals surface area contributed by atoms with E-state index >= 15 is 0 Å². The summed E-state index contributed by atoms with van der Waals surface area (Å²) < 4.78 is 7.52. The highest BCUT2D eigenvalue weighted by atomic mass is 16.5. The van der Waals surface area contributed by atoms with Crippen LogP contribution in [0.1, 0.15) is 19.7 Å². The molecule has 4 heteroatoms. The van der Waals surface area contributed by atoms with E-state index in [9.17, 15) is 0 Å². The van der Waals surface area contributed by atoms with Crippen molar-refractivity contribution in [2.45, 2.75) is 32.9 Å². The van der Waals surface area contributed by atoms with E-state index in [1.807, 2.05) is 36.6 Å². The van der Waals surface area contributed by atoms with Gasteiger partial charge in [-0.3, -0.25) is 0 Å². The van der Waals surface area contributed by atoms with Crippen LogP contribution in [0.5, 0.6) is 5.75 Å². The summed E-state index contributed by atoms with van der Waals surface area (Å²) in [5, 5.41) is 8.83. The van der Waals surface area contributed by atoms with Gasteiger partial charge in [-0.05, 0) is 26.0 Å². The SMILES string of the molecule is C#CCn1c(CC#N)nc2cc(OC(C)C)ccc21. The number of aromatic nitrogens is 2. The first kappa shape index (κ1) is 13.0. The minimum absolute atomic E-state index is 0.115. The minimum Gasteiger partial charge on any atom is -0.491 e. The van der Waals surface area contributed by atoms with E-state index in [1.165, 1.54) is 0 Å². The molecule has 0 aliphatic heterocycles. The molecule has 96 valence electrons. The number of nitrogens with zero attached hydrogens (tertiary/aromatic N) is 3. The normalized spacial score (nSPS) is 10.4. The highest BCUT2D eigenvalue weighted by Gasteiger charge is 2.11. The van der Waals surface area contributed by atoms with Crippen LogP contribution >= 0.6 is 0 Å². The zero-order chi connectivity index (χ0) is 13.8. The van der Waals surface area contributed by atoms with Crippen molar-refractivity contribution in [1.29, 1.82) is 5.26 Å². The third kappa shape index (κ3) is 2.69. The Morgan fingerprint density at radius 3 is 2.89 bits per heavy atom. The summed E-state index contributed by atoms with van der Waals surface area (Å²) in [6, 6.07) is 7.81. The summed E-state index contributed by atoms with van der Waals surface area (Å²) in [4.78, 5) is 4.45. The molecule has 1 aromatic heterocycles. The van der Waals surface area contributed by atoms with Crippen LogP contribution in [0.4, 0.5) is 0 Å². The Hall–Kier alpha value is -2.46. The molecule has 0 aliphatic carbocycles. The number of nitriles is 1. The van der Waals surface area contributed by atoms with Gasteiger partial charge in [0, 0.05) is 6.07 Å². The first-order valence-electron chi connectivity index (χ1n) is 6.12. The summed E-state index contributed by atoms with van der Waals surface area (Å²) in [6.45, 7) is 4.36. The lowest BCUT2D eigenvalue weighted by Crippen LogP contribution is -2.05. The fourth-order valence-electron chi connectivity index (χ4n) is 1.98. The lowest BCUT2D eigenvalue weighted by molar-refractivity contribution is 0.242. The van der Waals surface area contributed by atoms with Crippen molar-refractivity contribution in [3.8, 4) is 24.2 Å². The van der Waals surface area contributed by atoms with Gasteiger partial charge in [0.25, 0.3) is 0 Å². The number of fused-ring (bicyclic) bond motifs is 1. The van der Waals surface area contributed by atoms with Crippen LogP contribution in [-0.4, -0.2) is 15.7 Å². The van der Waals surface area contributed by atoms with Gasteiger partial charge in [0.1, 0.15) is 11.6 Å². The van der Waals surface area contributed by atoms with Gasteiger partial charge in [-0.25, -0.2) is 4.98 Å². The van der Waals surface area contributed by atoms with Gasteiger partial charge in [-0.15, -0.1) is 6.42 Å². The van der Waals surface area contributed by atoms with Gasteiger partial charge >= 0.3 is 0 Å². The Bertz CT molecular complexity index is 671. The highest BCUT2D eigenvalue weighted by molar-refractivity contribution is 5.78. The van der Waals surface area contributed by atoms with E-state index < -0.39 is 0 Å². The summed E-state index contributed by atoms with van der Waals surface area (Å²) >= 11 is 0. The van der Waals surface area contributed by atoms with Crippen LogP contribution in [0, 0.1) is 23.7 Å². The third-order valence-electron chi connectivity index (χ3n) is 2.66. The number of hydrogen-bond acceptors (Lipinski definition) is 3. The molecule has 0 amide bonds. The van der Waals surface area contributed by atoms with Crippen LogP contribution in [0.15, 0.2) is 18.2 Å². The van der Waals surface area contributed by atoms with E-state index in [2.05, 4.69) is 17.0 Å². The molecule has 0 spiro atoms. The van der Waals surface area contributed by atoms with Gasteiger partial charge in [0.15, 0.2) is 0 Å². The molecule has 1 aromatic carbocycles. The number of hydrogen-bond donors (Lipinski definition) is 0. The molecule has 0 saturated carbocycles. The van der Waals surface area contributed by atoms with Crippen molar-refractivity contribution in [3.63, 3.8) is 0 Å². The molecule has 4 nitrogen and oxygen atoms in total. The Morgan fingerprint density at radius 1 is 1.47 bits per heavy atom. The maximum absolute atomic E-state index is 8.83. The second-order valence-electron chi connectivity index (χ2n) is 4.47. The zero-order valence-electron chi connectivity index (χ0n) is 11.1. The highest BCUT2D eigenvalue weighted by Crippen LogP contribution is 2.23. The van der Waals surface area contributed by atoms with Gasteiger partial charge in [-0.1, -0.05) is 5.92 Å². The summed E-state index contributed by atoms with van der Waals surface area (Å²) in [7, 11) is 0. The van der Waals surface area contributed by atoms with E-state index in [-0.39, 0.29) is 12.5 Å². The van der Waals surface area contributed by atoms with Crippen LogP contribution in [0.2, 0.25) is 0 Å². The van der Waals surface area contributed by atoms with E-state index in [4.69, 9.17) is 16.4 Å². The largest absolute Gasteiger partial charge is 0.491 e.